The molecule has 2 N–H and O–H groups in total. The van der Waals surface area contributed by atoms with Crippen molar-refractivity contribution in [3.63, 3.8) is 0 Å². The van der Waals surface area contributed by atoms with Crippen LogP contribution in [0.25, 0.3) is 0 Å². The Labute approximate surface area is 152 Å². The number of hydrogen-bond acceptors (Lipinski definition) is 4. The largest absolute Gasteiger partial charge is 0.360 e. The predicted octanol–water partition coefficient (Wildman–Crippen LogP) is 2.76. The molecule has 1 aromatic carbocycles. The maximum Gasteiger partial charge on any atom is 0.166 e. The molecule has 0 atom stereocenters. The van der Waals surface area contributed by atoms with Crippen molar-refractivity contribution in [2.24, 2.45) is 0 Å². The van der Waals surface area contributed by atoms with Gasteiger partial charge in [0, 0.05) is 31.7 Å². The third-order valence-corrected chi connectivity index (χ3v) is 4.54. The number of benzene rings is 1. The van der Waals surface area contributed by atoms with Gasteiger partial charge < -0.3 is 15.5 Å². The third kappa shape index (κ3) is 4.79. The number of anilines is 1. The summed E-state index contributed by atoms with van der Waals surface area (Å²) in [5.74, 6) is 0.887. The Morgan fingerprint density at radius 1 is 1.21 bits per heavy atom. The first-order valence-electron chi connectivity index (χ1n) is 8.01. The Morgan fingerprint density at radius 3 is 2.67 bits per heavy atom. The summed E-state index contributed by atoms with van der Waals surface area (Å²) in [5, 5.41) is 7.86. The lowest BCUT2D eigenvalue weighted by molar-refractivity contribution is 0.462. The van der Waals surface area contributed by atoms with Crippen molar-refractivity contribution in [1.82, 2.24) is 20.6 Å². The second-order valence-electron chi connectivity index (χ2n) is 5.77. The fraction of sp³-hybridized carbons (Fsp3) is 0.353. The van der Waals surface area contributed by atoms with Gasteiger partial charge in [-0.15, -0.1) is 0 Å². The summed E-state index contributed by atoms with van der Waals surface area (Å²) in [6.45, 7) is 2.59. The van der Waals surface area contributed by atoms with Crippen molar-refractivity contribution < 1.29 is 0 Å². The zero-order valence-corrected chi connectivity index (χ0v) is 14.9. The maximum absolute atomic E-state index is 5.93. The minimum atomic E-state index is 0.384. The van der Waals surface area contributed by atoms with Crippen LogP contribution in [0, 0.1) is 0 Å². The predicted molar refractivity (Wildman–Crippen MR) is 101 cm³/mol. The Bertz CT molecular complexity index is 674. The van der Waals surface area contributed by atoms with Crippen LogP contribution < -0.4 is 15.5 Å². The summed E-state index contributed by atoms with van der Waals surface area (Å²) in [7, 11) is 0. The van der Waals surface area contributed by atoms with Crippen molar-refractivity contribution in [3.8, 4) is 0 Å². The van der Waals surface area contributed by atoms with E-state index in [1.54, 1.807) is 6.07 Å². The highest BCUT2D eigenvalue weighted by molar-refractivity contribution is 7.80. The first kappa shape index (κ1) is 16.9. The second kappa shape index (κ2) is 8.26. The second-order valence-corrected chi connectivity index (χ2v) is 6.57. The molecule has 1 fully saturated rings. The zero-order valence-electron chi connectivity index (χ0n) is 13.3. The minimum Gasteiger partial charge on any atom is -0.360 e. The van der Waals surface area contributed by atoms with E-state index in [-0.39, 0.29) is 0 Å². The molecule has 1 aliphatic heterocycles. The number of nitrogens with one attached hydrogen (secondary N) is 2. The molecular weight excluding hydrogens is 342 g/mol. The van der Waals surface area contributed by atoms with Gasteiger partial charge >= 0.3 is 0 Å². The Balaban J connectivity index is 1.42. The van der Waals surface area contributed by atoms with E-state index in [1.807, 2.05) is 18.2 Å². The van der Waals surface area contributed by atoms with E-state index in [0.29, 0.717) is 16.3 Å². The average Bonchev–Trinajstić information content (AvgIpc) is 2.61. The fourth-order valence-corrected chi connectivity index (χ4v) is 3.14. The molecule has 0 unspecified atom stereocenters. The van der Waals surface area contributed by atoms with Gasteiger partial charge in [0.2, 0.25) is 0 Å². The van der Waals surface area contributed by atoms with Crippen LogP contribution in [0.2, 0.25) is 5.15 Å². The fourth-order valence-electron chi connectivity index (χ4n) is 2.76. The third-order valence-electron chi connectivity index (χ3n) is 4.07. The van der Waals surface area contributed by atoms with Crippen molar-refractivity contribution in [2.45, 2.75) is 25.4 Å². The van der Waals surface area contributed by atoms with E-state index in [9.17, 15) is 0 Å². The molecule has 2 heterocycles. The number of thiocarbonyl (C=S) groups is 1. The molecule has 0 spiro atoms. The van der Waals surface area contributed by atoms with Crippen LogP contribution in [-0.4, -0.2) is 34.2 Å². The lowest BCUT2D eigenvalue weighted by Gasteiger charge is -2.33. The minimum absolute atomic E-state index is 0.384. The molecule has 1 saturated heterocycles. The molecule has 3 rings (SSSR count). The first-order chi connectivity index (χ1) is 11.7. The van der Waals surface area contributed by atoms with Gasteiger partial charge in [0.1, 0.15) is 17.3 Å². The highest BCUT2D eigenvalue weighted by atomic mass is 35.5. The van der Waals surface area contributed by atoms with E-state index in [4.69, 9.17) is 23.8 Å². The first-order valence-corrected chi connectivity index (χ1v) is 8.80. The molecule has 126 valence electrons. The molecule has 0 amide bonds. The monoisotopic (exact) mass is 361 g/mol. The molecule has 1 aromatic heterocycles. The van der Waals surface area contributed by atoms with Crippen molar-refractivity contribution in [1.29, 1.82) is 0 Å². The number of rotatable bonds is 4. The van der Waals surface area contributed by atoms with Gasteiger partial charge in [-0.3, -0.25) is 0 Å². The lowest BCUT2D eigenvalue weighted by atomic mass is 10.1. The van der Waals surface area contributed by atoms with Gasteiger partial charge in [-0.05, 0) is 30.6 Å². The Morgan fingerprint density at radius 2 is 1.96 bits per heavy atom. The molecule has 7 heteroatoms. The Kier molecular flexibility index (Phi) is 5.82. The van der Waals surface area contributed by atoms with Crippen molar-refractivity contribution in [2.75, 3.05) is 18.0 Å². The van der Waals surface area contributed by atoms with Crippen LogP contribution in [0.3, 0.4) is 0 Å². The van der Waals surface area contributed by atoms with Gasteiger partial charge in [-0.2, -0.15) is 0 Å². The van der Waals surface area contributed by atoms with Crippen LogP contribution in [-0.2, 0) is 6.54 Å². The van der Waals surface area contributed by atoms with Crippen LogP contribution in [0.4, 0.5) is 5.82 Å². The summed E-state index contributed by atoms with van der Waals surface area (Å²) >= 11 is 11.3. The molecule has 0 aliphatic carbocycles. The van der Waals surface area contributed by atoms with Gasteiger partial charge in [0.15, 0.2) is 5.11 Å². The molecule has 0 saturated carbocycles. The Hall–Kier alpha value is -1.92. The summed E-state index contributed by atoms with van der Waals surface area (Å²) in [4.78, 5) is 10.4. The molecule has 0 bridgehead atoms. The quantitative estimate of drug-likeness (QED) is 0.645. The number of nitrogens with zero attached hydrogens (tertiary/aromatic N) is 3. The SMILES string of the molecule is S=C(NCc1ccccc1)NC1CCN(c2cc(Cl)ncn2)CC1. The molecule has 2 aromatic rings. The van der Waals surface area contributed by atoms with E-state index < -0.39 is 0 Å². The molecule has 1 aliphatic rings. The number of piperidine rings is 1. The highest BCUT2D eigenvalue weighted by Crippen LogP contribution is 2.19. The maximum atomic E-state index is 5.93. The smallest absolute Gasteiger partial charge is 0.166 e. The van der Waals surface area contributed by atoms with E-state index in [1.165, 1.54) is 11.9 Å². The van der Waals surface area contributed by atoms with Gasteiger partial charge in [-0.25, -0.2) is 9.97 Å². The zero-order chi connectivity index (χ0) is 16.8. The summed E-state index contributed by atoms with van der Waals surface area (Å²) in [5.41, 5.74) is 1.22. The normalized spacial score (nSPS) is 15.1. The number of aromatic nitrogens is 2. The average molecular weight is 362 g/mol. The summed E-state index contributed by atoms with van der Waals surface area (Å²) in [6, 6.07) is 12.4. The van der Waals surface area contributed by atoms with Crippen molar-refractivity contribution >= 4 is 34.7 Å². The van der Waals surface area contributed by atoms with Gasteiger partial charge in [0.05, 0.1) is 0 Å². The standard InChI is InChI=1S/C17H20ClN5S/c18-15-10-16(21-12-20-15)23-8-6-14(7-9-23)22-17(24)19-11-13-4-2-1-3-5-13/h1-5,10,12,14H,6-9,11H2,(H2,19,22,24). The van der Waals surface area contributed by atoms with Crippen LogP contribution in [0.15, 0.2) is 42.7 Å². The highest BCUT2D eigenvalue weighted by Gasteiger charge is 2.20. The van der Waals surface area contributed by atoms with Crippen molar-refractivity contribution in [3.05, 3.63) is 53.4 Å². The van der Waals surface area contributed by atoms with E-state index >= 15 is 0 Å². The number of halogens is 1. The number of hydrogen-bond donors (Lipinski definition) is 2. The summed E-state index contributed by atoms with van der Waals surface area (Å²) < 4.78 is 0. The van der Waals surface area contributed by atoms with E-state index in [0.717, 1.165) is 38.3 Å². The topological polar surface area (TPSA) is 53.1 Å². The molecule has 0 radical (unpaired) electrons. The molecular formula is C17H20ClN5S. The summed E-state index contributed by atoms with van der Waals surface area (Å²) in [6.07, 6.45) is 3.52. The molecule has 24 heavy (non-hydrogen) atoms. The lowest BCUT2D eigenvalue weighted by Crippen LogP contribution is -2.47. The molecule has 5 nitrogen and oxygen atoms in total. The van der Waals surface area contributed by atoms with E-state index in [2.05, 4.69) is 37.6 Å². The van der Waals surface area contributed by atoms with Gasteiger partial charge in [0.25, 0.3) is 0 Å². The van der Waals surface area contributed by atoms with Crippen LogP contribution in [0.5, 0.6) is 0 Å². The van der Waals surface area contributed by atoms with Gasteiger partial charge in [-0.1, -0.05) is 41.9 Å². The van der Waals surface area contributed by atoms with Crippen LogP contribution in [0.1, 0.15) is 18.4 Å². The van der Waals surface area contributed by atoms with Crippen LogP contribution >= 0.6 is 23.8 Å².